The van der Waals surface area contributed by atoms with Crippen molar-refractivity contribution in [3.63, 3.8) is 0 Å². The third kappa shape index (κ3) is 2.38. The van der Waals surface area contributed by atoms with E-state index in [4.69, 9.17) is 5.73 Å². The largest absolute Gasteiger partial charge is 0.399 e. The van der Waals surface area contributed by atoms with Crippen molar-refractivity contribution < 1.29 is 22.7 Å². The summed E-state index contributed by atoms with van der Waals surface area (Å²) in [6, 6.07) is 2.84. The van der Waals surface area contributed by atoms with Crippen LogP contribution in [0.5, 0.6) is 0 Å². The maximum Gasteiger partial charge on any atom is 0.389 e. The second kappa shape index (κ2) is 3.99. The predicted molar refractivity (Wildman–Crippen MR) is 42.2 cm³/mol. The molecule has 0 amide bonds. The summed E-state index contributed by atoms with van der Waals surface area (Å²) < 4.78 is 39.4. The number of nitrogen functional groups attached to an aromatic ring is 1. The zero-order valence-electron chi connectivity index (χ0n) is 6.84. The number of anilines is 1. The Morgan fingerprint density at radius 3 is 2.57 bits per heavy atom. The Hall–Kier alpha value is -1.72. The molecule has 1 rings (SSSR count). The molecule has 0 aliphatic heterocycles. The first-order chi connectivity index (χ1) is 6.50. The number of ether oxygens (including phenoxy) is 1. The lowest BCUT2D eigenvalue weighted by molar-refractivity contribution is -0.0906. The van der Waals surface area contributed by atoms with Gasteiger partial charge < -0.3 is 10.5 Å². The number of alkyl halides is 2. The Morgan fingerprint density at radius 2 is 2.07 bits per heavy atom. The van der Waals surface area contributed by atoms with Crippen molar-refractivity contribution in [2.45, 2.75) is 6.61 Å². The number of carbonyl (C=O) groups excluding carboxylic acids is 1. The van der Waals surface area contributed by atoms with E-state index in [-0.39, 0.29) is 11.3 Å². The number of carbonyl (C=O) groups is 1. The highest BCUT2D eigenvalue weighted by Gasteiger charge is 2.14. The minimum absolute atomic E-state index is 0.218. The Kier molecular flexibility index (Phi) is 2.95. The van der Waals surface area contributed by atoms with E-state index in [0.717, 1.165) is 18.2 Å². The van der Waals surface area contributed by atoms with Gasteiger partial charge in [-0.2, -0.15) is 8.78 Å². The summed E-state index contributed by atoms with van der Waals surface area (Å²) in [5.74, 6) is -1.97. The van der Waals surface area contributed by atoms with E-state index in [9.17, 15) is 18.0 Å². The molecule has 0 spiro atoms. The molecule has 0 unspecified atom stereocenters. The molecule has 0 saturated heterocycles. The second-order valence-electron chi connectivity index (χ2n) is 2.40. The van der Waals surface area contributed by atoms with Gasteiger partial charge in [-0.15, -0.1) is 0 Å². The zero-order chi connectivity index (χ0) is 10.7. The summed E-state index contributed by atoms with van der Waals surface area (Å²) in [7, 11) is 0. The lowest BCUT2D eigenvalue weighted by Gasteiger charge is -2.03. The molecule has 0 atom stereocenters. The van der Waals surface area contributed by atoms with Crippen molar-refractivity contribution in [1.82, 2.24) is 0 Å². The number of benzene rings is 1. The van der Waals surface area contributed by atoms with Crippen molar-refractivity contribution in [2.24, 2.45) is 0 Å². The van der Waals surface area contributed by atoms with Crippen LogP contribution in [0.1, 0.15) is 10.4 Å². The van der Waals surface area contributed by atoms with Gasteiger partial charge in [0, 0.05) is 0 Å². The first kappa shape index (κ1) is 10.4. The molecule has 0 radical (unpaired) electrons. The van der Waals surface area contributed by atoms with E-state index in [1.54, 1.807) is 0 Å². The van der Waals surface area contributed by atoms with Crippen LogP contribution in [0.3, 0.4) is 0 Å². The fourth-order valence-electron chi connectivity index (χ4n) is 0.820. The van der Waals surface area contributed by atoms with Crippen LogP contribution >= 0.6 is 0 Å². The molecule has 3 nitrogen and oxygen atoms in total. The number of nitrogens with two attached hydrogens (primary N) is 1. The number of hydrogen-bond acceptors (Lipinski definition) is 3. The van der Waals surface area contributed by atoms with Gasteiger partial charge in [0.25, 0.3) is 0 Å². The standard InChI is InChI=1S/C8H6F3NO2/c9-5-2-1-4(3-6(5)12)7(13)14-8(10)11/h1-3,8H,12H2. The maximum absolute atomic E-state index is 12.6. The summed E-state index contributed by atoms with van der Waals surface area (Å²) in [6.07, 6.45) is 0. The molecule has 0 heterocycles. The average Bonchev–Trinajstić information content (AvgIpc) is 2.08. The van der Waals surface area contributed by atoms with E-state index in [1.165, 1.54) is 0 Å². The molecule has 1 aromatic carbocycles. The third-order valence-corrected chi connectivity index (χ3v) is 1.43. The molecular formula is C8H6F3NO2. The Morgan fingerprint density at radius 1 is 1.43 bits per heavy atom. The highest BCUT2D eigenvalue weighted by atomic mass is 19.3. The molecule has 0 saturated carbocycles. The summed E-state index contributed by atoms with van der Waals surface area (Å²) in [4.78, 5) is 10.8. The molecule has 1 aromatic rings. The number of hydrogen-bond donors (Lipinski definition) is 1. The van der Waals surface area contributed by atoms with Gasteiger partial charge in [0.05, 0.1) is 11.3 Å². The van der Waals surface area contributed by atoms with Gasteiger partial charge in [0.2, 0.25) is 0 Å². The molecule has 0 aliphatic carbocycles. The fraction of sp³-hybridized carbons (Fsp3) is 0.125. The van der Waals surface area contributed by atoms with Gasteiger partial charge in [-0.1, -0.05) is 0 Å². The van der Waals surface area contributed by atoms with E-state index >= 15 is 0 Å². The highest BCUT2D eigenvalue weighted by Crippen LogP contribution is 2.14. The Labute approximate surface area is 77.3 Å². The smallest absolute Gasteiger partial charge is 0.389 e. The SMILES string of the molecule is Nc1cc(C(=O)OC(F)F)ccc1F. The number of halogens is 3. The minimum Gasteiger partial charge on any atom is -0.399 e. The molecule has 0 aromatic heterocycles. The van der Waals surface area contributed by atoms with Gasteiger partial charge in [-0.3, -0.25) is 0 Å². The van der Waals surface area contributed by atoms with Gasteiger partial charge >= 0.3 is 12.6 Å². The summed E-state index contributed by atoms with van der Waals surface area (Å²) in [5, 5.41) is 0. The lowest BCUT2D eigenvalue weighted by Crippen LogP contribution is -2.10. The van der Waals surface area contributed by atoms with Crippen molar-refractivity contribution in [1.29, 1.82) is 0 Å². The van der Waals surface area contributed by atoms with Crippen molar-refractivity contribution in [3.05, 3.63) is 29.6 Å². The van der Waals surface area contributed by atoms with E-state index in [1.807, 2.05) is 0 Å². The van der Waals surface area contributed by atoms with Gasteiger partial charge in [0.15, 0.2) is 0 Å². The van der Waals surface area contributed by atoms with Crippen LogP contribution < -0.4 is 5.73 Å². The second-order valence-corrected chi connectivity index (χ2v) is 2.40. The molecule has 0 bridgehead atoms. The molecule has 14 heavy (non-hydrogen) atoms. The van der Waals surface area contributed by atoms with E-state index in [0.29, 0.717) is 0 Å². The normalized spacial score (nSPS) is 10.3. The van der Waals surface area contributed by atoms with Crippen molar-refractivity contribution >= 4 is 11.7 Å². The summed E-state index contributed by atoms with van der Waals surface area (Å²) >= 11 is 0. The van der Waals surface area contributed by atoms with Crippen molar-refractivity contribution in [3.8, 4) is 0 Å². The van der Waals surface area contributed by atoms with Crippen LogP contribution in [0, 0.1) is 5.82 Å². The maximum atomic E-state index is 12.6. The molecule has 0 fully saturated rings. The van der Waals surface area contributed by atoms with Crippen LogP contribution in [0.25, 0.3) is 0 Å². The molecule has 2 N–H and O–H groups in total. The first-order valence-corrected chi connectivity index (χ1v) is 3.55. The topological polar surface area (TPSA) is 52.3 Å². The fourth-order valence-corrected chi connectivity index (χ4v) is 0.820. The molecular weight excluding hydrogens is 199 g/mol. The number of esters is 1. The van der Waals surface area contributed by atoms with Gasteiger partial charge in [-0.05, 0) is 18.2 Å². The lowest BCUT2D eigenvalue weighted by atomic mass is 10.2. The minimum atomic E-state index is -3.20. The average molecular weight is 205 g/mol. The van der Waals surface area contributed by atoms with Crippen LogP contribution in [-0.4, -0.2) is 12.6 Å². The monoisotopic (exact) mass is 205 g/mol. The molecule has 76 valence electrons. The van der Waals surface area contributed by atoms with Crippen molar-refractivity contribution in [2.75, 3.05) is 5.73 Å². The van der Waals surface area contributed by atoms with Crippen LogP contribution in [0.2, 0.25) is 0 Å². The summed E-state index contributed by atoms with van der Waals surface area (Å²) in [6.45, 7) is -3.20. The third-order valence-electron chi connectivity index (χ3n) is 1.43. The quantitative estimate of drug-likeness (QED) is 0.591. The zero-order valence-corrected chi connectivity index (χ0v) is 6.84. The predicted octanol–water partition coefficient (Wildman–Crippen LogP) is 1.79. The number of rotatable bonds is 2. The highest BCUT2D eigenvalue weighted by molar-refractivity contribution is 5.90. The summed E-state index contributed by atoms with van der Waals surface area (Å²) in [5.41, 5.74) is 4.60. The van der Waals surface area contributed by atoms with E-state index < -0.39 is 18.4 Å². The Bertz CT molecular complexity index is 354. The van der Waals surface area contributed by atoms with Gasteiger partial charge in [-0.25, -0.2) is 9.18 Å². The van der Waals surface area contributed by atoms with E-state index in [2.05, 4.69) is 4.74 Å². The molecule has 6 heteroatoms. The first-order valence-electron chi connectivity index (χ1n) is 3.55. The van der Waals surface area contributed by atoms with Crippen LogP contribution in [-0.2, 0) is 4.74 Å². The van der Waals surface area contributed by atoms with Crippen LogP contribution in [0.15, 0.2) is 18.2 Å². The Balaban J connectivity index is 2.86. The molecule has 0 aliphatic rings. The van der Waals surface area contributed by atoms with Crippen LogP contribution in [0.4, 0.5) is 18.9 Å². The van der Waals surface area contributed by atoms with Gasteiger partial charge in [0.1, 0.15) is 5.82 Å².